The van der Waals surface area contributed by atoms with Gasteiger partial charge < -0.3 is 11.1 Å². The zero-order chi connectivity index (χ0) is 11.4. The molecule has 2 rings (SSSR count). The minimum Gasteiger partial charge on any atom is -0.325 e. The molecule has 1 aliphatic carbocycles. The van der Waals surface area contributed by atoms with E-state index in [-0.39, 0.29) is 11.8 Å². The number of allylic oxidation sites excluding steroid dienone is 1. The highest BCUT2D eigenvalue weighted by molar-refractivity contribution is 5.95. The molecule has 3 heteroatoms. The third kappa shape index (κ3) is 2.49. The molecule has 1 amide bonds. The first kappa shape index (κ1) is 10.9. The molecule has 2 atom stereocenters. The summed E-state index contributed by atoms with van der Waals surface area (Å²) in [6, 6.07) is 8.95. The largest absolute Gasteiger partial charge is 0.325 e. The van der Waals surface area contributed by atoms with Crippen LogP contribution >= 0.6 is 0 Å². The average Bonchev–Trinajstić information content (AvgIpc) is 2.83. The first-order valence-electron chi connectivity index (χ1n) is 5.55. The SMILES string of the molecule is NC(C(=O)Nc1ccccc1)C1C=CCC1. The van der Waals surface area contributed by atoms with Gasteiger partial charge in [-0.25, -0.2) is 0 Å². The van der Waals surface area contributed by atoms with Crippen LogP contribution in [0.3, 0.4) is 0 Å². The number of nitrogens with one attached hydrogen (secondary N) is 1. The summed E-state index contributed by atoms with van der Waals surface area (Å²) in [6.45, 7) is 0. The smallest absolute Gasteiger partial charge is 0.241 e. The van der Waals surface area contributed by atoms with Gasteiger partial charge in [0.1, 0.15) is 0 Å². The lowest BCUT2D eigenvalue weighted by atomic mass is 9.99. The van der Waals surface area contributed by atoms with Gasteiger partial charge in [0.15, 0.2) is 0 Å². The Kier molecular flexibility index (Phi) is 3.37. The quantitative estimate of drug-likeness (QED) is 0.758. The first-order chi connectivity index (χ1) is 7.77. The van der Waals surface area contributed by atoms with Gasteiger partial charge in [-0.05, 0) is 25.0 Å². The summed E-state index contributed by atoms with van der Waals surface area (Å²) in [5, 5.41) is 2.82. The summed E-state index contributed by atoms with van der Waals surface area (Å²) in [5.41, 5.74) is 6.70. The van der Waals surface area contributed by atoms with Crippen molar-refractivity contribution in [2.24, 2.45) is 11.7 Å². The Morgan fingerprint density at radius 2 is 2.12 bits per heavy atom. The van der Waals surface area contributed by atoms with Crippen molar-refractivity contribution in [1.82, 2.24) is 0 Å². The van der Waals surface area contributed by atoms with Crippen molar-refractivity contribution in [3.63, 3.8) is 0 Å². The third-order valence-corrected chi connectivity index (χ3v) is 2.86. The van der Waals surface area contributed by atoms with Gasteiger partial charge in [0, 0.05) is 11.6 Å². The standard InChI is InChI=1S/C13H16N2O/c14-12(10-6-4-5-7-10)13(16)15-11-8-2-1-3-9-11/h1-4,6,8-10,12H,5,7,14H2,(H,15,16). The molecule has 0 fully saturated rings. The van der Waals surface area contributed by atoms with E-state index in [9.17, 15) is 4.79 Å². The molecule has 1 aromatic carbocycles. The molecule has 0 spiro atoms. The van der Waals surface area contributed by atoms with Crippen molar-refractivity contribution >= 4 is 11.6 Å². The topological polar surface area (TPSA) is 55.1 Å². The molecule has 84 valence electrons. The van der Waals surface area contributed by atoms with Crippen LogP contribution in [-0.2, 0) is 4.79 Å². The molecule has 16 heavy (non-hydrogen) atoms. The molecule has 2 unspecified atom stereocenters. The third-order valence-electron chi connectivity index (χ3n) is 2.86. The monoisotopic (exact) mass is 216 g/mol. The number of amides is 1. The second kappa shape index (κ2) is 4.94. The number of nitrogens with two attached hydrogens (primary N) is 1. The highest BCUT2D eigenvalue weighted by Crippen LogP contribution is 2.20. The Balaban J connectivity index is 1.95. The molecule has 0 saturated carbocycles. The summed E-state index contributed by atoms with van der Waals surface area (Å²) < 4.78 is 0. The molecule has 1 aliphatic rings. The molecule has 0 aliphatic heterocycles. The van der Waals surface area contributed by atoms with E-state index in [4.69, 9.17) is 5.73 Å². The van der Waals surface area contributed by atoms with Gasteiger partial charge >= 0.3 is 0 Å². The highest BCUT2D eigenvalue weighted by Gasteiger charge is 2.24. The van der Waals surface area contributed by atoms with Gasteiger partial charge in [0.2, 0.25) is 5.91 Å². The molecule has 0 saturated heterocycles. The minimum atomic E-state index is -0.445. The van der Waals surface area contributed by atoms with Gasteiger partial charge in [-0.15, -0.1) is 0 Å². The van der Waals surface area contributed by atoms with Crippen LogP contribution in [-0.4, -0.2) is 11.9 Å². The Hall–Kier alpha value is -1.61. The van der Waals surface area contributed by atoms with E-state index in [2.05, 4.69) is 11.4 Å². The number of para-hydroxylation sites is 1. The minimum absolute atomic E-state index is 0.109. The molecular formula is C13H16N2O. The number of carbonyl (C=O) groups is 1. The zero-order valence-electron chi connectivity index (χ0n) is 9.10. The van der Waals surface area contributed by atoms with E-state index in [1.165, 1.54) is 0 Å². The van der Waals surface area contributed by atoms with Crippen LogP contribution in [0.25, 0.3) is 0 Å². The summed E-state index contributed by atoms with van der Waals surface area (Å²) in [6.07, 6.45) is 6.12. The fraction of sp³-hybridized carbons (Fsp3) is 0.308. The van der Waals surface area contributed by atoms with E-state index in [0.29, 0.717) is 0 Å². The van der Waals surface area contributed by atoms with Gasteiger partial charge in [0.05, 0.1) is 6.04 Å². The average molecular weight is 216 g/mol. The Labute approximate surface area is 95.3 Å². The van der Waals surface area contributed by atoms with E-state index in [0.717, 1.165) is 18.5 Å². The number of benzene rings is 1. The second-order valence-corrected chi connectivity index (χ2v) is 4.05. The molecule has 3 N–H and O–H groups in total. The highest BCUT2D eigenvalue weighted by atomic mass is 16.2. The normalized spacial score (nSPS) is 20.7. The van der Waals surface area contributed by atoms with Crippen LogP contribution in [0.5, 0.6) is 0 Å². The van der Waals surface area contributed by atoms with Crippen molar-refractivity contribution in [1.29, 1.82) is 0 Å². The lowest BCUT2D eigenvalue weighted by Crippen LogP contribution is -2.40. The van der Waals surface area contributed by atoms with E-state index in [1.54, 1.807) is 0 Å². The van der Waals surface area contributed by atoms with Crippen LogP contribution in [0.4, 0.5) is 5.69 Å². The van der Waals surface area contributed by atoms with Gasteiger partial charge in [-0.2, -0.15) is 0 Å². The van der Waals surface area contributed by atoms with Gasteiger partial charge in [0.25, 0.3) is 0 Å². The van der Waals surface area contributed by atoms with E-state index >= 15 is 0 Å². The van der Waals surface area contributed by atoms with E-state index in [1.807, 2.05) is 36.4 Å². The fourth-order valence-electron chi connectivity index (χ4n) is 1.90. The van der Waals surface area contributed by atoms with Crippen LogP contribution in [0, 0.1) is 5.92 Å². The molecule has 0 aromatic heterocycles. The number of carbonyl (C=O) groups excluding carboxylic acids is 1. The summed E-state index contributed by atoms with van der Waals surface area (Å²) >= 11 is 0. The predicted octanol–water partition coefficient (Wildman–Crippen LogP) is 1.92. The van der Waals surface area contributed by atoms with Gasteiger partial charge in [-0.3, -0.25) is 4.79 Å². The second-order valence-electron chi connectivity index (χ2n) is 4.05. The van der Waals surface area contributed by atoms with Crippen molar-refractivity contribution in [3.05, 3.63) is 42.5 Å². The van der Waals surface area contributed by atoms with Crippen molar-refractivity contribution in [2.45, 2.75) is 18.9 Å². The molecular weight excluding hydrogens is 200 g/mol. The number of hydrogen-bond acceptors (Lipinski definition) is 2. The van der Waals surface area contributed by atoms with Crippen molar-refractivity contribution < 1.29 is 4.79 Å². The number of rotatable bonds is 3. The summed E-state index contributed by atoms with van der Waals surface area (Å²) in [7, 11) is 0. The number of anilines is 1. The Bertz CT molecular complexity index is 386. The maximum Gasteiger partial charge on any atom is 0.241 e. The van der Waals surface area contributed by atoms with Crippen LogP contribution in [0.2, 0.25) is 0 Å². The lowest BCUT2D eigenvalue weighted by molar-refractivity contribution is -0.118. The molecule has 1 aromatic rings. The van der Waals surface area contributed by atoms with Crippen molar-refractivity contribution in [2.75, 3.05) is 5.32 Å². The summed E-state index contributed by atoms with van der Waals surface area (Å²) in [4.78, 5) is 11.8. The van der Waals surface area contributed by atoms with Crippen LogP contribution in [0.1, 0.15) is 12.8 Å². The zero-order valence-corrected chi connectivity index (χ0v) is 9.10. The fourth-order valence-corrected chi connectivity index (χ4v) is 1.90. The Morgan fingerprint density at radius 3 is 2.75 bits per heavy atom. The summed E-state index contributed by atoms with van der Waals surface area (Å²) in [5.74, 6) is 0.0754. The lowest BCUT2D eigenvalue weighted by Gasteiger charge is -2.17. The van der Waals surface area contributed by atoms with Crippen LogP contribution < -0.4 is 11.1 Å². The van der Waals surface area contributed by atoms with Crippen LogP contribution in [0.15, 0.2) is 42.5 Å². The van der Waals surface area contributed by atoms with Gasteiger partial charge in [-0.1, -0.05) is 30.4 Å². The van der Waals surface area contributed by atoms with Crippen molar-refractivity contribution in [3.8, 4) is 0 Å². The molecule has 0 radical (unpaired) electrons. The molecule has 3 nitrogen and oxygen atoms in total. The number of hydrogen-bond donors (Lipinski definition) is 2. The predicted molar refractivity (Wildman–Crippen MR) is 64.9 cm³/mol. The molecule has 0 bridgehead atoms. The maximum absolute atomic E-state index is 11.8. The van der Waals surface area contributed by atoms with E-state index < -0.39 is 6.04 Å². The first-order valence-corrected chi connectivity index (χ1v) is 5.55. The molecule has 0 heterocycles. The maximum atomic E-state index is 11.8. The Morgan fingerprint density at radius 1 is 1.38 bits per heavy atom.